The Kier molecular flexibility index (Phi) is 5.12. The summed E-state index contributed by atoms with van der Waals surface area (Å²) in [6.07, 6.45) is 0.509. The van der Waals surface area contributed by atoms with Gasteiger partial charge in [-0.1, -0.05) is 0 Å². The molecule has 2 atom stereocenters. The van der Waals surface area contributed by atoms with Crippen molar-refractivity contribution in [2.45, 2.75) is 44.3 Å². The molecule has 0 radical (unpaired) electrons. The van der Waals surface area contributed by atoms with E-state index in [4.69, 9.17) is 10.8 Å². The van der Waals surface area contributed by atoms with Gasteiger partial charge in [0.15, 0.2) is 6.04 Å². The first-order valence-electron chi connectivity index (χ1n) is 6.67. The van der Waals surface area contributed by atoms with Gasteiger partial charge in [0.1, 0.15) is 5.54 Å². The van der Waals surface area contributed by atoms with Crippen molar-refractivity contribution in [2.75, 3.05) is 26.8 Å². The summed E-state index contributed by atoms with van der Waals surface area (Å²) < 4.78 is 4.51. The molecule has 0 aromatic heterocycles. The lowest BCUT2D eigenvalue weighted by atomic mass is 9.98. The molecule has 0 saturated carbocycles. The van der Waals surface area contributed by atoms with Crippen molar-refractivity contribution in [2.24, 2.45) is 5.73 Å². The summed E-state index contributed by atoms with van der Waals surface area (Å²) in [6, 6.07) is -1.07. The first-order valence-corrected chi connectivity index (χ1v) is 6.67. The zero-order chi connectivity index (χ0) is 15.6. The topological polar surface area (TPSA) is 105 Å². The van der Waals surface area contributed by atoms with E-state index in [1.807, 2.05) is 0 Å². The molecule has 0 spiro atoms. The number of hydrogen-bond acceptors (Lipinski definition) is 6. The van der Waals surface area contributed by atoms with Gasteiger partial charge in [-0.3, -0.25) is 9.69 Å². The zero-order valence-corrected chi connectivity index (χ0v) is 12.6. The highest BCUT2D eigenvalue weighted by Gasteiger charge is 2.45. The molecule has 1 fully saturated rings. The number of carbonyl (C=O) groups is 2. The van der Waals surface area contributed by atoms with E-state index in [0.717, 1.165) is 6.54 Å². The number of aliphatic hydroxyl groups is 1. The number of ether oxygens (including phenoxy) is 1. The molecule has 1 amide bonds. The van der Waals surface area contributed by atoms with Gasteiger partial charge >= 0.3 is 5.97 Å². The zero-order valence-electron chi connectivity index (χ0n) is 12.6. The summed E-state index contributed by atoms with van der Waals surface area (Å²) in [6.45, 7) is 6.79. The van der Waals surface area contributed by atoms with E-state index in [1.54, 1.807) is 0 Å². The van der Waals surface area contributed by atoms with Crippen molar-refractivity contribution in [3.8, 4) is 0 Å². The number of carbonyl (C=O) groups excluding carboxylic acids is 2. The summed E-state index contributed by atoms with van der Waals surface area (Å²) in [4.78, 5) is 25.7. The number of likely N-dealkylation sites (tertiary alicyclic amines) is 1. The van der Waals surface area contributed by atoms with Gasteiger partial charge in [0, 0.05) is 18.6 Å². The van der Waals surface area contributed by atoms with Gasteiger partial charge in [-0.2, -0.15) is 0 Å². The highest BCUT2D eigenvalue weighted by Crippen LogP contribution is 2.26. The second kappa shape index (κ2) is 6.07. The monoisotopic (exact) mass is 287 g/mol. The third kappa shape index (κ3) is 3.68. The fraction of sp³-hybridized carbons (Fsp3) is 0.846. The molecule has 1 aliphatic rings. The van der Waals surface area contributed by atoms with Gasteiger partial charge in [-0.05, 0) is 27.2 Å². The molecule has 1 aliphatic heterocycles. The summed E-state index contributed by atoms with van der Waals surface area (Å²) in [7, 11) is 1.20. The lowest BCUT2D eigenvalue weighted by Gasteiger charge is -2.33. The van der Waals surface area contributed by atoms with Crippen molar-refractivity contribution in [1.29, 1.82) is 0 Å². The Morgan fingerprint density at radius 1 is 1.50 bits per heavy atom. The highest BCUT2D eigenvalue weighted by molar-refractivity contribution is 5.91. The molecule has 1 saturated heterocycles. The number of aliphatic hydroxyl groups excluding tert-OH is 1. The summed E-state index contributed by atoms with van der Waals surface area (Å²) in [5.74, 6) is -1.12. The predicted octanol–water partition coefficient (Wildman–Crippen LogP) is -1.16. The maximum Gasteiger partial charge on any atom is 0.330 e. The highest BCUT2D eigenvalue weighted by atomic mass is 16.5. The average molecular weight is 287 g/mol. The van der Waals surface area contributed by atoms with Crippen LogP contribution in [0.3, 0.4) is 0 Å². The Bertz CT molecular complexity index is 380. The minimum absolute atomic E-state index is 0.0693. The van der Waals surface area contributed by atoms with Crippen LogP contribution in [-0.4, -0.2) is 65.8 Å². The molecule has 0 aromatic carbocycles. The van der Waals surface area contributed by atoms with Crippen LogP contribution in [0.2, 0.25) is 0 Å². The molecular formula is C13H25N3O4. The van der Waals surface area contributed by atoms with Crippen LogP contribution in [0.15, 0.2) is 0 Å². The Balaban J connectivity index is 2.70. The van der Waals surface area contributed by atoms with E-state index >= 15 is 0 Å². The standard InChI is InChI=1S/C13H25N3O4/c1-12(2,3)16-6-5-13(14,8-16)11(19)15-9(7-17)10(18)20-4/h9,17H,5-8,14H2,1-4H3,(H,15,19)/t9-,13?/m1/s1. The molecule has 7 nitrogen and oxygen atoms in total. The third-order valence-corrected chi connectivity index (χ3v) is 3.68. The molecule has 7 heteroatoms. The molecule has 0 aromatic rings. The second-order valence-electron chi connectivity index (χ2n) is 6.23. The first kappa shape index (κ1) is 16.9. The Hall–Kier alpha value is -1.18. The molecule has 4 N–H and O–H groups in total. The molecule has 1 unspecified atom stereocenters. The van der Waals surface area contributed by atoms with E-state index in [2.05, 4.69) is 35.7 Å². The number of nitrogens with zero attached hydrogens (tertiary/aromatic N) is 1. The van der Waals surface area contributed by atoms with Crippen LogP contribution in [0.4, 0.5) is 0 Å². The Morgan fingerprint density at radius 3 is 2.50 bits per heavy atom. The van der Waals surface area contributed by atoms with Crippen LogP contribution in [0.25, 0.3) is 0 Å². The number of methoxy groups -OCH3 is 1. The minimum atomic E-state index is -1.07. The van der Waals surface area contributed by atoms with Crippen LogP contribution in [-0.2, 0) is 14.3 Å². The Morgan fingerprint density at radius 2 is 2.10 bits per heavy atom. The lowest BCUT2D eigenvalue weighted by Crippen LogP contribution is -2.60. The van der Waals surface area contributed by atoms with E-state index < -0.39 is 30.1 Å². The fourth-order valence-corrected chi connectivity index (χ4v) is 2.21. The van der Waals surface area contributed by atoms with Crippen LogP contribution >= 0.6 is 0 Å². The van der Waals surface area contributed by atoms with Crippen molar-refractivity contribution in [3.63, 3.8) is 0 Å². The van der Waals surface area contributed by atoms with E-state index in [0.29, 0.717) is 13.0 Å². The first-order chi connectivity index (χ1) is 9.14. The van der Waals surface area contributed by atoms with Crippen molar-refractivity contribution in [3.05, 3.63) is 0 Å². The molecule has 1 rings (SSSR count). The van der Waals surface area contributed by atoms with Crippen LogP contribution < -0.4 is 11.1 Å². The smallest absolute Gasteiger partial charge is 0.330 e. The maximum absolute atomic E-state index is 12.2. The number of esters is 1. The van der Waals surface area contributed by atoms with E-state index in [1.165, 1.54) is 7.11 Å². The largest absolute Gasteiger partial charge is 0.467 e. The van der Waals surface area contributed by atoms with E-state index in [-0.39, 0.29) is 5.54 Å². The fourth-order valence-electron chi connectivity index (χ4n) is 2.21. The lowest BCUT2D eigenvalue weighted by molar-refractivity contribution is -0.146. The molecule has 20 heavy (non-hydrogen) atoms. The minimum Gasteiger partial charge on any atom is -0.467 e. The van der Waals surface area contributed by atoms with Crippen molar-refractivity contribution in [1.82, 2.24) is 10.2 Å². The third-order valence-electron chi connectivity index (χ3n) is 3.68. The van der Waals surface area contributed by atoms with Gasteiger partial charge in [0.2, 0.25) is 5.91 Å². The van der Waals surface area contributed by atoms with Crippen LogP contribution in [0, 0.1) is 0 Å². The number of rotatable bonds is 4. The maximum atomic E-state index is 12.2. The second-order valence-corrected chi connectivity index (χ2v) is 6.23. The summed E-state index contributed by atoms with van der Waals surface area (Å²) in [5.41, 5.74) is 5.03. The number of amides is 1. The predicted molar refractivity (Wildman–Crippen MR) is 73.9 cm³/mol. The van der Waals surface area contributed by atoms with E-state index in [9.17, 15) is 9.59 Å². The van der Waals surface area contributed by atoms with Gasteiger partial charge < -0.3 is 20.9 Å². The Labute approximate surface area is 119 Å². The quantitative estimate of drug-likeness (QED) is 0.563. The van der Waals surface area contributed by atoms with Crippen LogP contribution in [0.5, 0.6) is 0 Å². The normalized spacial score (nSPS) is 25.3. The van der Waals surface area contributed by atoms with Gasteiger partial charge in [-0.25, -0.2) is 4.79 Å². The van der Waals surface area contributed by atoms with Gasteiger partial charge in [0.25, 0.3) is 0 Å². The average Bonchev–Trinajstić information content (AvgIpc) is 2.78. The number of nitrogens with one attached hydrogen (secondary N) is 1. The molecule has 116 valence electrons. The molecule has 0 aliphatic carbocycles. The van der Waals surface area contributed by atoms with Crippen LogP contribution in [0.1, 0.15) is 27.2 Å². The van der Waals surface area contributed by atoms with Gasteiger partial charge in [0.05, 0.1) is 13.7 Å². The van der Waals surface area contributed by atoms with Crippen molar-refractivity contribution >= 4 is 11.9 Å². The molecule has 0 bridgehead atoms. The van der Waals surface area contributed by atoms with Gasteiger partial charge in [-0.15, -0.1) is 0 Å². The molecule has 1 heterocycles. The SMILES string of the molecule is COC(=O)[C@@H](CO)NC(=O)C1(N)CCN(C(C)(C)C)C1. The molecular weight excluding hydrogens is 262 g/mol. The number of hydrogen-bond donors (Lipinski definition) is 3. The van der Waals surface area contributed by atoms with Crippen molar-refractivity contribution < 1.29 is 19.4 Å². The number of nitrogens with two attached hydrogens (primary N) is 1. The summed E-state index contributed by atoms with van der Waals surface area (Å²) >= 11 is 0. The summed E-state index contributed by atoms with van der Waals surface area (Å²) in [5, 5.41) is 11.6.